The minimum atomic E-state index is -5.44. The Bertz CT molecular complexity index is 1160. The Morgan fingerprint density at radius 3 is 2.45 bits per heavy atom. The van der Waals surface area contributed by atoms with Gasteiger partial charge < -0.3 is 19.6 Å². The predicted molar refractivity (Wildman–Crippen MR) is 120 cm³/mol. The van der Waals surface area contributed by atoms with E-state index < -0.39 is 57.6 Å². The van der Waals surface area contributed by atoms with Crippen molar-refractivity contribution in [2.24, 2.45) is 0 Å². The van der Waals surface area contributed by atoms with Gasteiger partial charge in [0.2, 0.25) is 21.1 Å². The van der Waals surface area contributed by atoms with Gasteiger partial charge in [-0.05, 0) is 24.9 Å². The summed E-state index contributed by atoms with van der Waals surface area (Å²) in [5, 5.41) is 9.15. The molecule has 0 aliphatic rings. The molecule has 15 heteroatoms. The van der Waals surface area contributed by atoms with Crippen molar-refractivity contribution < 1.29 is 51.4 Å². The third-order valence-electron chi connectivity index (χ3n) is 3.92. The van der Waals surface area contributed by atoms with Crippen molar-refractivity contribution >= 4 is 64.0 Å². The number of carboxylic acid groups (broad SMARTS) is 1. The molecule has 0 aliphatic carbocycles. The molecule has 1 aromatic carbocycles. The number of benzene rings is 1. The third-order valence-corrected chi connectivity index (χ3v) is 6.98. The van der Waals surface area contributed by atoms with Gasteiger partial charge >= 0.3 is 30.9 Å². The molecule has 2 atom stereocenters. The van der Waals surface area contributed by atoms with Crippen LogP contribution in [0.2, 0.25) is 0 Å². The summed E-state index contributed by atoms with van der Waals surface area (Å²) in [4.78, 5) is 36.6. The number of aromatic carboxylic acids is 1. The quantitative estimate of drug-likeness (QED) is 0.244. The maximum absolute atomic E-state index is 15.3. The first-order valence-corrected chi connectivity index (χ1v) is 13.8. The van der Waals surface area contributed by atoms with Crippen LogP contribution in [-0.4, -0.2) is 66.8 Å². The number of esters is 1. The van der Waals surface area contributed by atoms with Crippen molar-refractivity contribution in [3.8, 4) is 0 Å². The molecule has 1 heterocycles. The van der Waals surface area contributed by atoms with E-state index >= 15 is 8.78 Å². The number of carbonyl (C=O) groups excluding carboxylic acids is 2. The zero-order valence-corrected chi connectivity index (χ0v) is 20.0. The second kappa shape index (κ2) is 11.1. The summed E-state index contributed by atoms with van der Waals surface area (Å²) in [6.07, 6.45) is 3.46. The van der Waals surface area contributed by atoms with Crippen molar-refractivity contribution in [2.75, 3.05) is 26.9 Å². The van der Waals surface area contributed by atoms with E-state index in [1.54, 1.807) is 6.66 Å². The molecule has 1 aromatic heterocycles. The molecular formula is C18H19F2NO9P3+. The van der Waals surface area contributed by atoms with Crippen LogP contribution in [0.25, 0.3) is 10.9 Å². The molecule has 0 spiro atoms. The van der Waals surface area contributed by atoms with Gasteiger partial charge in [0, 0.05) is 22.3 Å². The van der Waals surface area contributed by atoms with Gasteiger partial charge in [-0.1, -0.05) is 6.07 Å². The average molecular weight is 524 g/mol. The van der Waals surface area contributed by atoms with Crippen LogP contribution in [0.5, 0.6) is 0 Å². The lowest BCUT2D eigenvalue weighted by atomic mass is 10.1. The molecule has 0 aliphatic heterocycles. The zero-order valence-electron chi connectivity index (χ0n) is 17.3. The van der Waals surface area contributed by atoms with Gasteiger partial charge in [0.1, 0.15) is 12.4 Å². The van der Waals surface area contributed by atoms with Gasteiger partial charge in [-0.3, -0.25) is 13.6 Å². The summed E-state index contributed by atoms with van der Waals surface area (Å²) < 4.78 is 62.3. The number of rotatable bonds is 11. The van der Waals surface area contributed by atoms with Crippen LogP contribution in [0.1, 0.15) is 16.1 Å². The Labute approximate surface area is 188 Å². The number of hydrogen-bond acceptors (Lipinski definition) is 8. The Balaban J connectivity index is 2.35. The highest BCUT2D eigenvalue weighted by molar-refractivity contribution is 7.71. The number of ether oxygens (including phenoxy) is 2. The number of alkyl halides is 2. The smallest absolute Gasteiger partial charge is 0.477 e. The van der Waals surface area contributed by atoms with Crippen LogP contribution in [0, 0.1) is 0 Å². The van der Waals surface area contributed by atoms with E-state index in [4.69, 9.17) is 5.11 Å². The fourth-order valence-electron chi connectivity index (χ4n) is 2.35. The van der Waals surface area contributed by atoms with E-state index in [-0.39, 0.29) is 16.6 Å². The summed E-state index contributed by atoms with van der Waals surface area (Å²) in [5.41, 5.74) is -5.96. The van der Waals surface area contributed by atoms with Gasteiger partial charge in [-0.25, -0.2) is 9.59 Å². The van der Waals surface area contributed by atoms with Crippen molar-refractivity contribution in [3.63, 3.8) is 0 Å². The summed E-state index contributed by atoms with van der Waals surface area (Å²) >= 11 is 0. The maximum atomic E-state index is 15.3. The van der Waals surface area contributed by atoms with Crippen LogP contribution in [0.4, 0.5) is 13.6 Å². The van der Waals surface area contributed by atoms with Gasteiger partial charge in [0.25, 0.3) is 0 Å². The number of carboxylic acids is 1. The number of halogens is 2. The van der Waals surface area contributed by atoms with Gasteiger partial charge in [0.05, 0.1) is 6.30 Å². The van der Waals surface area contributed by atoms with Gasteiger partial charge in [-0.2, -0.15) is 13.6 Å². The van der Waals surface area contributed by atoms with Gasteiger partial charge in [0.15, 0.2) is 0 Å². The molecular weight excluding hydrogens is 505 g/mol. The Kier molecular flexibility index (Phi) is 9.00. The molecule has 0 fully saturated rings. The average Bonchev–Trinajstić information content (AvgIpc) is 3.17. The Morgan fingerprint density at radius 2 is 1.88 bits per heavy atom. The summed E-state index contributed by atoms with van der Waals surface area (Å²) in [7, 11) is -6.37. The molecule has 10 nitrogen and oxygen atoms in total. The summed E-state index contributed by atoms with van der Waals surface area (Å²) in [5.74, 6) is -1.12. The maximum Gasteiger partial charge on any atom is 0.511 e. The molecule has 0 bridgehead atoms. The lowest BCUT2D eigenvalue weighted by Gasteiger charge is -2.26. The van der Waals surface area contributed by atoms with Crippen LogP contribution in [-0.2, 0) is 33.5 Å². The highest BCUT2D eigenvalue weighted by atomic mass is 31.2. The Morgan fingerprint density at radius 1 is 1.24 bits per heavy atom. The number of nitrogens with one attached hydrogen (secondary N) is 1. The van der Waals surface area contributed by atoms with E-state index in [0.29, 0.717) is 8.20 Å². The minimum absolute atomic E-state index is 0.0965. The van der Waals surface area contributed by atoms with Crippen molar-refractivity contribution in [3.05, 3.63) is 35.5 Å². The molecule has 0 radical (unpaired) electrons. The lowest BCUT2D eigenvalue weighted by Crippen LogP contribution is -2.21. The van der Waals surface area contributed by atoms with Crippen LogP contribution in [0.3, 0.4) is 0 Å². The topological polar surface area (TPSA) is 141 Å². The predicted octanol–water partition coefficient (Wildman–Crippen LogP) is 4.66. The van der Waals surface area contributed by atoms with Crippen LogP contribution >= 0.6 is 23.3 Å². The van der Waals surface area contributed by atoms with E-state index in [1.165, 1.54) is 6.66 Å². The fraction of sp³-hybridized carbons (Fsp3) is 0.278. The molecule has 178 valence electrons. The van der Waals surface area contributed by atoms with Crippen molar-refractivity contribution in [1.82, 2.24) is 4.98 Å². The highest BCUT2D eigenvalue weighted by Crippen LogP contribution is 2.67. The monoisotopic (exact) mass is 524 g/mol. The summed E-state index contributed by atoms with van der Waals surface area (Å²) in [6, 6.07) is 4.08. The number of carbonyl (C=O) groups is 3. The zero-order chi connectivity index (χ0) is 24.8. The third kappa shape index (κ3) is 6.53. The number of aromatic amines is 1. The molecule has 0 saturated carbocycles. The molecule has 0 amide bonds. The number of fused-ring (bicyclic) bond motifs is 1. The van der Waals surface area contributed by atoms with Crippen LogP contribution in [0.15, 0.2) is 24.3 Å². The largest absolute Gasteiger partial charge is 0.511 e. The standard InChI is InChI=1S/C18H18F2NO9P3/c1-31-8-15(22)27-9-29-33(26,30-10-28-17(25)32(2)3)18(19,20)12-4-5-13-11(6-12)7-14(21-13)16(23)24/h4-8,21H,2,9-10H2,1,3H3/p+1. The first kappa shape index (κ1) is 26.8. The lowest BCUT2D eigenvalue weighted by molar-refractivity contribution is -0.142. The Hall–Kier alpha value is -2.48. The van der Waals surface area contributed by atoms with E-state index in [1.807, 2.05) is 0 Å². The molecule has 2 unspecified atom stereocenters. The number of hydrogen-bond donors (Lipinski definition) is 2. The second-order valence-electron chi connectivity index (χ2n) is 6.28. The second-order valence-corrected chi connectivity index (χ2v) is 10.9. The van der Waals surface area contributed by atoms with E-state index in [2.05, 4.69) is 29.8 Å². The first-order chi connectivity index (χ1) is 15.4. The number of H-pyrrole nitrogens is 1. The van der Waals surface area contributed by atoms with Gasteiger partial charge in [-0.15, -0.1) is 8.20 Å². The van der Waals surface area contributed by atoms with Crippen molar-refractivity contribution in [2.45, 2.75) is 5.66 Å². The molecule has 2 N–H and O–H groups in total. The first-order valence-electron chi connectivity index (χ1n) is 8.84. The normalized spacial score (nSPS) is 14.1. The van der Waals surface area contributed by atoms with Crippen LogP contribution < -0.4 is 0 Å². The van der Waals surface area contributed by atoms with E-state index in [0.717, 1.165) is 30.1 Å². The van der Waals surface area contributed by atoms with E-state index in [9.17, 15) is 18.9 Å². The molecule has 33 heavy (non-hydrogen) atoms. The number of aromatic nitrogens is 1. The highest BCUT2D eigenvalue weighted by Gasteiger charge is 2.56. The fourth-order valence-corrected chi connectivity index (χ4v) is 4.14. The minimum Gasteiger partial charge on any atom is -0.477 e. The summed E-state index contributed by atoms with van der Waals surface area (Å²) in [6.45, 7) is 0.799. The molecule has 2 rings (SSSR count). The molecule has 2 aromatic rings. The molecule has 0 saturated heterocycles. The van der Waals surface area contributed by atoms with Crippen molar-refractivity contribution in [1.29, 1.82) is 0 Å². The SMILES string of the molecule is C=[P+](C)C(=O)OCOP(=O)(OCOC(=O)C=PC)C(F)(F)c1ccc2[nH]c(C(=O)O)cc2c1.